The summed E-state index contributed by atoms with van der Waals surface area (Å²) in [6, 6.07) is 15.9. The molecule has 0 spiro atoms. The van der Waals surface area contributed by atoms with Gasteiger partial charge in [-0.25, -0.2) is 0 Å². The van der Waals surface area contributed by atoms with Gasteiger partial charge in [-0.3, -0.25) is 4.90 Å². The summed E-state index contributed by atoms with van der Waals surface area (Å²) in [6.45, 7) is 11.6. The van der Waals surface area contributed by atoms with Crippen molar-refractivity contribution in [3.05, 3.63) is 48.0 Å². The highest BCUT2D eigenvalue weighted by molar-refractivity contribution is 6.08. The minimum Gasteiger partial charge on any atom is -0.341 e. The lowest BCUT2D eigenvalue weighted by molar-refractivity contribution is 0.134. The van der Waals surface area contributed by atoms with Crippen LogP contribution in [0.4, 0.5) is 0 Å². The lowest BCUT2D eigenvalue weighted by Gasteiger charge is -2.35. The minimum absolute atomic E-state index is 0.819. The van der Waals surface area contributed by atoms with Crippen LogP contribution >= 0.6 is 0 Å². The van der Waals surface area contributed by atoms with Crippen molar-refractivity contribution in [3.8, 4) is 0 Å². The van der Waals surface area contributed by atoms with Crippen LogP contribution in [0, 0.1) is 11.8 Å². The average molecular weight is 320 g/mol. The first-order valence-electron chi connectivity index (χ1n) is 9.38. The molecule has 126 valence electrons. The third-order valence-corrected chi connectivity index (χ3v) is 5.50. The first-order valence-corrected chi connectivity index (χ1v) is 9.38. The van der Waals surface area contributed by atoms with Gasteiger partial charge in [-0.15, -0.1) is 0 Å². The fourth-order valence-electron chi connectivity index (χ4n) is 4.72. The molecule has 2 nitrogen and oxygen atoms in total. The first kappa shape index (κ1) is 15.7. The van der Waals surface area contributed by atoms with E-state index in [1.165, 1.54) is 46.9 Å². The molecule has 1 aliphatic heterocycles. The van der Waals surface area contributed by atoms with E-state index >= 15 is 0 Å². The zero-order chi connectivity index (χ0) is 16.7. The van der Waals surface area contributed by atoms with Crippen molar-refractivity contribution in [2.45, 2.75) is 40.3 Å². The van der Waals surface area contributed by atoms with Crippen LogP contribution in [0.5, 0.6) is 0 Å². The zero-order valence-electron chi connectivity index (χ0n) is 15.1. The van der Waals surface area contributed by atoms with E-state index in [0.717, 1.165) is 24.9 Å². The fourth-order valence-corrected chi connectivity index (χ4v) is 4.72. The summed E-state index contributed by atoms with van der Waals surface area (Å²) in [4.78, 5) is 2.64. The minimum atomic E-state index is 0.819. The van der Waals surface area contributed by atoms with Gasteiger partial charge in [0.05, 0.1) is 0 Å². The van der Waals surface area contributed by atoms with Gasteiger partial charge in [0.15, 0.2) is 0 Å². The number of rotatable bonds is 3. The Morgan fingerprint density at radius 1 is 0.917 bits per heavy atom. The molecule has 2 heteroatoms. The van der Waals surface area contributed by atoms with Gasteiger partial charge < -0.3 is 4.57 Å². The summed E-state index contributed by atoms with van der Waals surface area (Å²) in [5.41, 5.74) is 4.16. The molecule has 0 bridgehead atoms. The maximum Gasteiger partial charge on any atom is 0.0491 e. The van der Waals surface area contributed by atoms with Gasteiger partial charge >= 0.3 is 0 Å². The van der Waals surface area contributed by atoms with Crippen LogP contribution < -0.4 is 0 Å². The molecule has 2 atom stereocenters. The van der Waals surface area contributed by atoms with Gasteiger partial charge in [-0.1, -0.05) is 38.1 Å². The van der Waals surface area contributed by atoms with Crippen LogP contribution in [0.3, 0.4) is 0 Å². The molecular formula is C22H28N2. The monoisotopic (exact) mass is 320 g/mol. The molecule has 1 aromatic heterocycles. The van der Waals surface area contributed by atoms with Crippen LogP contribution in [0.1, 0.15) is 32.8 Å². The Balaban J connectivity index is 1.72. The van der Waals surface area contributed by atoms with E-state index < -0.39 is 0 Å². The third kappa shape index (κ3) is 2.73. The second-order valence-electron chi connectivity index (χ2n) is 7.75. The Kier molecular flexibility index (Phi) is 4.09. The molecule has 4 rings (SSSR count). The Bertz CT molecular complexity index is 851. The number of nitrogens with zero attached hydrogens (tertiary/aromatic N) is 2. The topological polar surface area (TPSA) is 8.17 Å². The third-order valence-electron chi connectivity index (χ3n) is 5.50. The number of piperidine rings is 1. The number of likely N-dealkylation sites (tertiary alicyclic amines) is 1. The number of hydrogen-bond acceptors (Lipinski definition) is 1. The quantitative estimate of drug-likeness (QED) is 0.636. The van der Waals surface area contributed by atoms with Crippen molar-refractivity contribution in [2.24, 2.45) is 11.8 Å². The highest BCUT2D eigenvalue weighted by atomic mass is 15.1. The molecule has 3 aromatic rings. The van der Waals surface area contributed by atoms with Crippen molar-refractivity contribution in [1.29, 1.82) is 0 Å². The molecule has 0 aliphatic carbocycles. The molecule has 2 aromatic carbocycles. The lowest BCUT2D eigenvalue weighted by atomic mass is 9.91. The molecule has 0 amide bonds. The summed E-state index contributed by atoms with van der Waals surface area (Å²) in [5, 5.41) is 2.79. The molecule has 0 unspecified atom stereocenters. The zero-order valence-corrected chi connectivity index (χ0v) is 15.1. The molecule has 1 saturated heterocycles. The van der Waals surface area contributed by atoms with Crippen molar-refractivity contribution >= 4 is 21.8 Å². The van der Waals surface area contributed by atoms with E-state index in [1.807, 2.05) is 0 Å². The lowest BCUT2D eigenvalue weighted by Crippen LogP contribution is -2.38. The maximum absolute atomic E-state index is 2.64. The molecular weight excluding hydrogens is 292 g/mol. The SMILES string of the molecule is CCn1c2ccccc2c2cc(CN3C[C@@H](C)C[C@H](C)C3)ccc21. The van der Waals surface area contributed by atoms with Crippen LogP contribution in [-0.2, 0) is 13.1 Å². The largest absolute Gasteiger partial charge is 0.341 e. The number of para-hydroxylation sites is 1. The first-order chi connectivity index (χ1) is 11.7. The summed E-state index contributed by atoms with van der Waals surface area (Å²) in [6.07, 6.45) is 1.37. The number of fused-ring (bicyclic) bond motifs is 3. The summed E-state index contributed by atoms with van der Waals surface area (Å²) < 4.78 is 2.43. The second-order valence-corrected chi connectivity index (χ2v) is 7.75. The van der Waals surface area contributed by atoms with Crippen LogP contribution in [-0.4, -0.2) is 22.6 Å². The molecule has 24 heavy (non-hydrogen) atoms. The van der Waals surface area contributed by atoms with Crippen LogP contribution in [0.15, 0.2) is 42.5 Å². The number of benzene rings is 2. The van der Waals surface area contributed by atoms with Gasteiger partial charge in [0, 0.05) is 48.0 Å². The van der Waals surface area contributed by atoms with Gasteiger partial charge in [-0.2, -0.15) is 0 Å². The van der Waals surface area contributed by atoms with Crippen molar-refractivity contribution < 1.29 is 0 Å². The average Bonchev–Trinajstić information content (AvgIpc) is 2.87. The Morgan fingerprint density at radius 2 is 1.62 bits per heavy atom. The Labute approximate surface area is 145 Å². The van der Waals surface area contributed by atoms with E-state index in [-0.39, 0.29) is 0 Å². The predicted molar refractivity (Wildman–Crippen MR) is 103 cm³/mol. The van der Waals surface area contributed by atoms with Gasteiger partial charge in [0.1, 0.15) is 0 Å². The number of hydrogen-bond donors (Lipinski definition) is 0. The number of aryl methyl sites for hydroxylation is 1. The highest BCUT2D eigenvalue weighted by Gasteiger charge is 2.22. The molecule has 0 saturated carbocycles. The molecule has 1 aliphatic rings. The van der Waals surface area contributed by atoms with E-state index in [2.05, 4.69) is 72.7 Å². The van der Waals surface area contributed by atoms with Crippen LogP contribution in [0.2, 0.25) is 0 Å². The molecule has 2 heterocycles. The fraction of sp³-hybridized carbons (Fsp3) is 0.455. The highest BCUT2D eigenvalue weighted by Crippen LogP contribution is 2.30. The van der Waals surface area contributed by atoms with E-state index in [1.54, 1.807) is 0 Å². The van der Waals surface area contributed by atoms with E-state index in [4.69, 9.17) is 0 Å². The van der Waals surface area contributed by atoms with Crippen molar-refractivity contribution in [2.75, 3.05) is 13.1 Å². The van der Waals surface area contributed by atoms with Crippen molar-refractivity contribution in [3.63, 3.8) is 0 Å². The van der Waals surface area contributed by atoms with Crippen LogP contribution in [0.25, 0.3) is 21.8 Å². The van der Waals surface area contributed by atoms with Crippen molar-refractivity contribution in [1.82, 2.24) is 9.47 Å². The summed E-state index contributed by atoms with van der Waals surface area (Å²) in [7, 11) is 0. The van der Waals surface area contributed by atoms with E-state index in [9.17, 15) is 0 Å². The second kappa shape index (κ2) is 6.25. The smallest absolute Gasteiger partial charge is 0.0491 e. The molecule has 0 radical (unpaired) electrons. The van der Waals surface area contributed by atoms with Gasteiger partial charge in [-0.05, 0) is 48.9 Å². The van der Waals surface area contributed by atoms with E-state index in [0.29, 0.717) is 0 Å². The Morgan fingerprint density at radius 3 is 2.38 bits per heavy atom. The maximum atomic E-state index is 2.64. The predicted octanol–water partition coefficient (Wildman–Crippen LogP) is 5.29. The normalized spacial score (nSPS) is 22.5. The molecule has 1 fully saturated rings. The Hall–Kier alpha value is -1.80. The summed E-state index contributed by atoms with van der Waals surface area (Å²) in [5.74, 6) is 1.64. The summed E-state index contributed by atoms with van der Waals surface area (Å²) >= 11 is 0. The van der Waals surface area contributed by atoms with Gasteiger partial charge in [0.25, 0.3) is 0 Å². The number of aromatic nitrogens is 1. The standard InChI is InChI=1S/C22H28N2/c1-4-24-21-8-6-5-7-19(21)20-12-18(9-10-22(20)24)15-23-13-16(2)11-17(3)14-23/h5-10,12,16-17H,4,11,13-15H2,1-3H3/t16-,17-/m0/s1. The van der Waals surface area contributed by atoms with Gasteiger partial charge in [0.2, 0.25) is 0 Å². The molecule has 0 N–H and O–H groups in total.